The molecule has 1 amide bonds. The molecule has 0 aromatic carbocycles. The molecule has 5 nitrogen and oxygen atoms in total. The van der Waals surface area contributed by atoms with Gasteiger partial charge in [-0.15, -0.1) is 0 Å². The number of carbonyl (C=O) groups excluding carboxylic acids is 2. The fraction of sp³-hybridized carbons (Fsp3) is 0.818. The molecule has 0 saturated heterocycles. The van der Waals surface area contributed by atoms with E-state index in [-0.39, 0.29) is 24.2 Å². The zero-order chi connectivity index (χ0) is 12.4. The van der Waals surface area contributed by atoms with Gasteiger partial charge in [0.2, 0.25) is 5.91 Å². The minimum Gasteiger partial charge on any atom is -0.466 e. The second-order valence-corrected chi connectivity index (χ2v) is 3.55. The maximum Gasteiger partial charge on any atom is 0.307 e. The van der Waals surface area contributed by atoms with Crippen molar-refractivity contribution < 1.29 is 14.3 Å². The summed E-state index contributed by atoms with van der Waals surface area (Å²) in [4.78, 5) is 22.5. The Bertz CT molecular complexity index is 219. The third kappa shape index (κ3) is 7.23. The number of hydrogen-bond acceptors (Lipinski definition) is 4. The van der Waals surface area contributed by atoms with Gasteiger partial charge < -0.3 is 15.4 Å². The Morgan fingerprint density at radius 2 is 2.00 bits per heavy atom. The highest BCUT2D eigenvalue weighted by molar-refractivity contribution is 5.79. The van der Waals surface area contributed by atoms with Crippen LogP contribution >= 0.6 is 0 Å². The molecule has 0 aliphatic heterocycles. The van der Waals surface area contributed by atoms with Crippen LogP contribution in [0, 0.1) is 5.92 Å². The molecule has 94 valence electrons. The van der Waals surface area contributed by atoms with Crippen LogP contribution in [0.15, 0.2) is 0 Å². The Labute approximate surface area is 96.9 Å². The van der Waals surface area contributed by atoms with Gasteiger partial charge in [-0.2, -0.15) is 0 Å². The molecule has 0 spiro atoms. The molecule has 0 bridgehead atoms. The molecule has 0 fully saturated rings. The monoisotopic (exact) mass is 230 g/mol. The summed E-state index contributed by atoms with van der Waals surface area (Å²) in [6, 6.07) is 0. The van der Waals surface area contributed by atoms with Crippen LogP contribution in [0.4, 0.5) is 0 Å². The smallest absolute Gasteiger partial charge is 0.307 e. The van der Waals surface area contributed by atoms with Crippen molar-refractivity contribution >= 4 is 11.9 Å². The Kier molecular flexibility index (Phi) is 8.52. The molecule has 1 atom stereocenters. The van der Waals surface area contributed by atoms with E-state index in [0.717, 1.165) is 6.54 Å². The van der Waals surface area contributed by atoms with Crippen molar-refractivity contribution in [2.45, 2.75) is 27.2 Å². The first-order valence-electron chi connectivity index (χ1n) is 5.75. The van der Waals surface area contributed by atoms with E-state index in [2.05, 4.69) is 10.6 Å². The van der Waals surface area contributed by atoms with Crippen molar-refractivity contribution in [3.8, 4) is 0 Å². The molecule has 1 unspecified atom stereocenters. The third-order valence-corrected chi connectivity index (χ3v) is 2.08. The molecule has 0 saturated carbocycles. The number of ether oxygens (including phenoxy) is 1. The molecule has 0 aromatic heterocycles. The molecule has 16 heavy (non-hydrogen) atoms. The van der Waals surface area contributed by atoms with Crippen molar-refractivity contribution in [2.24, 2.45) is 5.92 Å². The van der Waals surface area contributed by atoms with E-state index >= 15 is 0 Å². The summed E-state index contributed by atoms with van der Waals surface area (Å²) in [5, 5.41) is 5.80. The van der Waals surface area contributed by atoms with Gasteiger partial charge in [0.15, 0.2) is 0 Å². The van der Waals surface area contributed by atoms with Gasteiger partial charge in [-0.1, -0.05) is 13.8 Å². The SMILES string of the molecule is CCNCC(C)C(=O)NCCC(=O)OCC. The minimum atomic E-state index is -0.276. The zero-order valence-electron chi connectivity index (χ0n) is 10.3. The summed E-state index contributed by atoms with van der Waals surface area (Å²) in [6.07, 6.45) is 0.230. The summed E-state index contributed by atoms with van der Waals surface area (Å²) < 4.78 is 4.75. The van der Waals surface area contributed by atoms with Gasteiger partial charge >= 0.3 is 5.97 Å². The topological polar surface area (TPSA) is 67.4 Å². The predicted molar refractivity (Wildman–Crippen MR) is 62.0 cm³/mol. The molecular formula is C11H22N2O3. The highest BCUT2D eigenvalue weighted by atomic mass is 16.5. The average Bonchev–Trinajstić information content (AvgIpc) is 2.26. The number of nitrogens with one attached hydrogen (secondary N) is 2. The predicted octanol–water partition coefficient (Wildman–Crippen LogP) is 0.301. The van der Waals surface area contributed by atoms with Crippen molar-refractivity contribution in [2.75, 3.05) is 26.2 Å². The standard InChI is InChI=1S/C11H22N2O3/c1-4-12-8-9(3)11(15)13-7-6-10(14)16-5-2/h9,12H,4-8H2,1-3H3,(H,13,15). The number of rotatable bonds is 8. The van der Waals surface area contributed by atoms with Crippen LogP contribution in [-0.4, -0.2) is 38.1 Å². The zero-order valence-corrected chi connectivity index (χ0v) is 10.3. The van der Waals surface area contributed by atoms with Gasteiger partial charge in [0.05, 0.1) is 13.0 Å². The van der Waals surface area contributed by atoms with Gasteiger partial charge in [0.25, 0.3) is 0 Å². The summed E-state index contributed by atoms with van der Waals surface area (Å²) in [5.74, 6) is -0.394. The molecule has 5 heteroatoms. The minimum absolute atomic E-state index is 0.0368. The maximum atomic E-state index is 11.5. The third-order valence-electron chi connectivity index (χ3n) is 2.08. The van der Waals surface area contributed by atoms with E-state index in [9.17, 15) is 9.59 Å². The first kappa shape index (κ1) is 14.9. The van der Waals surface area contributed by atoms with E-state index in [1.807, 2.05) is 13.8 Å². The summed E-state index contributed by atoms with van der Waals surface area (Å²) in [5.41, 5.74) is 0. The van der Waals surface area contributed by atoms with Gasteiger partial charge in [0.1, 0.15) is 0 Å². The molecule has 0 radical (unpaired) electrons. The Morgan fingerprint density at radius 1 is 1.31 bits per heavy atom. The number of carbonyl (C=O) groups is 2. The lowest BCUT2D eigenvalue weighted by Crippen LogP contribution is -2.36. The normalized spacial score (nSPS) is 11.9. The fourth-order valence-electron chi connectivity index (χ4n) is 1.15. The van der Waals surface area contributed by atoms with Crippen LogP contribution in [0.25, 0.3) is 0 Å². The first-order chi connectivity index (χ1) is 7.61. The second-order valence-electron chi connectivity index (χ2n) is 3.55. The molecule has 0 aliphatic carbocycles. The van der Waals surface area contributed by atoms with Crippen molar-refractivity contribution in [1.29, 1.82) is 0 Å². The quantitative estimate of drug-likeness (QED) is 0.589. The van der Waals surface area contributed by atoms with E-state index < -0.39 is 0 Å². The maximum absolute atomic E-state index is 11.5. The van der Waals surface area contributed by atoms with Crippen LogP contribution in [0.2, 0.25) is 0 Å². The average molecular weight is 230 g/mol. The van der Waals surface area contributed by atoms with Gasteiger partial charge in [0, 0.05) is 19.0 Å². The van der Waals surface area contributed by atoms with Crippen LogP contribution in [0.3, 0.4) is 0 Å². The largest absolute Gasteiger partial charge is 0.466 e. The Hall–Kier alpha value is -1.10. The summed E-state index contributed by atoms with van der Waals surface area (Å²) >= 11 is 0. The van der Waals surface area contributed by atoms with Gasteiger partial charge in [-0.25, -0.2) is 0 Å². The lowest BCUT2D eigenvalue weighted by molar-refractivity contribution is -0.143. The highest BCUT2D eigenvalue weighted by Gasteiger charge is 2.11. The van der Waals surface area contributed by atoms with Crippen LogP contribution in [0.1, 0.15) is 27.2 Å². The second kappa shape index (κ2) is 9.15. The van der Waals surface area contributed by atoms with E-state index in [1.165, 1.54) is 0 Å². The summed E-state index contributed by atoms with van der Waals surface area (Å²) in [6.45, 7) is 7.82. The lowest BCUT2D eigenvalue weighted by Gasteiger charge is -2.11. The van der Waals surface area contributed by atoms with Crippen LogP contribution in [-0.2, 0) is 14.3 Å². The first-order valence-corrected chi connectivity index (χ1v) is 5.75. The molecule has 0 aliphatic rings. The fourth-order valence-corrected chi connectivity index (χ4v) is 1.15. The summed E-state index contributed by atoms with van der Waals surface area (Å²) in [7, 11) is 0. The molecule has 0 rings (SSSR count). The number of esters is 1. The molecule has 0 aromatic rings. The lowest BCUT2D eigenvalue weighted by atomic mass is 10.1. The Morgan fingerprint density at radius 3 is 2.56 bits per heavy atom. The van der Waals surface area contributed by atoms with E-state index in [0.29, 0.717) is 19.7 Å². The van der Waals surface area contributed by atoms with Crippen molar-refractivity contribution in [1.82, 2.24) is 10.6 Å². The molecule has 2 N–H and O–H groups in total. The Balaban J connectivity index is 3.60. The van der Waals surface area contributed by atoms with Crippen LogP contribution < -0.4 is 10.6 Å². The van der Waals surface area contributed by atoms with Gasteiger partial charge in [-0.3, -0.25) is 9.59 Å². The number of hydrogen-bond donors (Lipinski definition) is 2. The highest BCUT2D eigenvalue weighted by Crippen LogP contribution is 1.93. The molecule has 0 heterocycles. The van der Waals surface area contributed by atoms with Gasteiger partial charge in [-0.05, 0) is 13.5 Å². The van der Waals surface area contributed by atoms with Crippen molar-refractivity contribution in [3.05, 3.63) is 0 Å². The number of amides is 1. The van der Waals surface area contributed by atoms with Crippen LogP contribution in [0.5, 0.6) is 0 Å². The molecular weight excluding hydrogens is 208 g/mol. The van der Waals surface area contributed by atoms with E-state index in [4.69, 9.17) is 4.74 Å². The van der Waals surface area contributed by atoms with Crippen molar-refractivity contribution in [3.63, 3.8) is 0 Å². The van der Waals surface area contributed by atoms with E-state index in [1.54, 1.807) is 6.92 Å².